The van der Waals surface area contributed by atoms with Gasteiger partial charge in [-0.1, -0.05) is 18.2 Å². The van der Waals surface area contributed by atoms with E-state index >= 15 is 0 Å². The quantitative estimate of drug-likeness (QED) is 0.506. The summed E-state index contributed by atoms with van der Waals surface area (Å²) >= 11 is 0. The van der Waals surface area contributed by atoms with Crippen LogP contribution in [0.5, 0.6) is 0 Å². The highest BCUT2D eigenvalue weighted by atomic mass is 19.1. The standard InChI is InChI=1S/C23H19FN6O/c1-16(25)14-20(27-17-6-3-2-4-7-17)23-22(31)10-13-30(28-23)21-9-8-18(15-19(21)24)29-12-5-11-26-29/h2-15H,25H2,1H3. The fourth-order valence-electron chi connectivity index (χ4n) is 2.98. The molecule has 2 heterocycles. The van der Waals surface area contributed by atoms with Gasteiger partial charge in [0.15, 0.2) is 11.5 Å². The highest BCUT2D eigenvalue weighted by Gasteiger charge is 2.13. The van der Waals surface area contributed by atoms with Crippen LogP contribution in [-0.4, -0.2) is 25.3 Å². The molecule has 31 heavy (non-hydrogen) atoms. The highest BCUT2D eigenvalue weighted by Crippen LogP contribution is 2.17. The number of nitrogens with two attached hydrogens (primary N) is 1. The molecule has 0 fully saturated rings. The van der Waals surface area contributed by atoms with Gasteiger partial charge in [-0.05, 0) is 43.3 Å². The van der Waals surface area contributed by atoms with E-state index in [0.29, 0.717) is 22.8 Å². The summed E-state index contributed by atoms with van der Waals surface area (Å²) in [6.07, 6.45) is 6.31. The molecule has 8 heteroatoms. The van der Waals surface area contributed by atoms with Gasteiger partial charge in [-0.3, -0.25) is 4.79 Å². The van der Waals surface area contributed by atoms with E-state index in [2.05, 4.69) is 15.2 Å². The second-order valence-electron chi connectivity index (χ2n) is 6.78. The lowest BCUT2D eigenvalue weighted by atomic mass is 10.2. The minimum atomic E-state index is -0.512. The molecule has 2 aromatic heterocycles. The molecular weight excluding hydrogens is 395 g/mol. The molecule has 2 N–H and O–H groups in total. The molecule has 4 aromatic rings. The number of allylic oxidation sites excluding steroid dienone is 2. The van der Waals surface area contributed by atoms with Crippen LogP contribution in [0.15, 0.2) is 101 Å². The van der Waals surface area contributed by atoms with Crippen LogP contribution < -0.4 is 11.2 Å². The van der Waals surface area contributed by atoms with Crippen molar-refractivity contribution in [3.05, 3.63) is 113 Å². The molecule has 0 radical (unpaired) electrons. The van der Waals surface area contributed by atoms with Crippen molar-refractivity contribution < 1.29 is 4.39 Å². The number of para-hydroxylation sites is 1. The Kier molecular flexibility index (Phi) is 5.53. The van der Waals surface area contributed by atoms with E-state index in [0.717, 1.165) is 0 Å². The van der Waals surface area contributed by atoms with Gasteiger partial charge in [-0.15, -0.1) is 0 Å². The van der Waals surface area contributed by atoms with Gasteiger partial charge in [0.2, 0.25) is 5.43 Å². The maximum absolute atomic E-state index is 14.9. The maximum Gasteiger partial charge on any atom is 0.209 e. The van der Waals surface area contributed by atoms with Crippen LogP contribution >= 0.6 is 0 Å². The van der Waals surface area contributed by atoms with Crippen LogP contribution in [-0.2, 0) is 0 Å². The number of hydrogen-bond donors (Lipinski definition) is 1. The van der Waals surface area contributed by atoms with Crippen LogP contribution in [0.4, 0.5) is 10.1 Å². The predicted octanol–water partition coefficient (Wildman–Crippen LogP) is 3.54. The number of benzene rings is 2. The molecule has 0 aliphatic carbocycles. The van der Waals surface area contributed by atoms with Crippen molar-refractivity contribution in [2.45, 2.75) is 6.92 Å². The van der Waals surface area contributed by atoms with E-state index in [1.54, 1.807) is 60.4 Å². The molecule has 4 rings (SSSR count). The van der Waals surface area contributed by atoms with Gasteiger partial charge in [-0.2, -0.15) is 10.2 Å². The summed E-state index contributed by atoms with van der Waals surface area (Å²) in [5, 5.41) is 8.45. The molecule has 2 aromatic carbocycles. The SMILES string of the molecule is CC(N)=CC(=Nc1ccccc1)c1nn(-c2ccc(-n3cccn3)cc2F)ccc1=O. The first-order valence-corrected chi connectivity index (χ1v) is 9.49. The van der Waals surface area contributed by atoms with E-state index < -0.39 is 5.82 Å². The first-order chi connectivity index (χ1) is 15.0. The second-order valence-corrected chi connectivity index (χ2v) is 6.78. The second kappa shape index (κ2) is 8.58. The largest absolute Gasteiger partial charge is 0.402 e. The van der Waals surface area contributed by atoms with Crippen molar-refractivity contribution in [1.29, 1.82) is 0 Å². The molecule has 154 valence electrons. The topological polar surface area (TPSA) is 91.1 Å². The Bertz CT molecular complexity index is 1320. The summed E-state index contributed by atoms with van der Waals surface area (Å²) in [5.41, 5.74) is 7.70. The van der Waals surface area contributed by atoms with Crippen molar-refractivity contribution in [2.75, 3.05) is 0 Å². The first-order valence-electron chi connectivity index (χ1n) is 9.49. The lowest BCUT2D eigenvalue weighted by Crippen LogP contribution is -2.21. The number of aliphatic imine (C=N–C) groups is 1. The summed E-state index contributed by atoms with van der Waals surface area (Å²) in [4.78, 5) is 17.1. The minimum absolute atomic E-state index is 0.0618. The van der Waals surface area contributed by atoms with Gasteiger partial charge in [0, 0.05) is 36.4 Å². The van der Waals surface area contributed by atoms with E-state index in [-0.39, 0.29) is 16.8 Å². The Labute approximate surface area is 177 Å². The lowest BCUT2D eigenvalue weighted by molar-refractivity contribution is 0.606. The molecule has 0 amide bonds. The Hall–Kier alpha value is -4.33. The van der Waals surface area contributed by atoms with E-state index in [9.17, 15) is 9.18 Å². The Morgan fingerprint density at radius 3 is 2.55 bits per heavy atom. The maximum atomic E-state index is 14.9. The van der Waals surface area contributed by atoms with Crippen LogP contribution in [0, 0.1) is 5.82 Å². The fourth-order valence-corrected chi connectivity index (χ4v) is 2.98. The van der Waals surface area contributed by atoms with E-state index in [1.807, 2.05) is 18.2 Å². The van der Waals surface area contributed by atoms with Gasteiger partial charge >= 0.3 is 0 Å². The number of hydrogen-bond acceptors (Lipinski definition) is 5. The van der Waals surface area contributed by atoms with Crippen molar-refractivity contribution in [3.8, 4) is 11.4 Å². The molecule has 7 nitrogen and oxygen atoms in total. The lowest BCUT2D eigenvalue weighted by Gasteiger charge is -2.10. The molecule has 0 saturated heterocycles. The average Bonchev–Trinajstić information content (AvgIpc) is 3.29. The Morgan fingerprint density at radius 2 is 1.87 bits per heavy atom. The van der Waals surface area contributed by atoms with Crippen LogP contribution in [0.1, 0.15) is 12.6 Å². The van der Waals surface area contributed by atoms with Gasteiger partial charge < -0.3 is 5.73 Å². The minimum Gasteiger partial charge on any atom is -0.402 e. The zero-order chi connectivity index (χ0) is 21.8. The normalized spacial score (nSPS) is 12.2. The monoisotopic (exact) mass is 414 g/mol. The van der Waals surface area contributed by atoms with Crippen molar-refractivity contribution in [1.82, 2.24) is 19.6 Å². The Balaban J connectivity index is 1.80. The van der Waals surface area contributed by atoms with Crippen molar-refractivity contribution in [3.63, 3.8) is 0 Å². The number of aromatic nitrogens is 4. The summed E-state index contributed by atoms with van der Waals surface area (Å²) in [6, 6.07) is 16.9. The molecule has 0 aliphatic heterocycles. The summed E-state index contributed by atoms with van der Waals surface area (Å²) in [6.45, 7) is 1.69. The van der Waals surface area contributed by atoms with Crippen LogP contribution in [0.3, 0.4) is 0 Å². The number of rotatable bonds is 5. The summed E-state index contributed by atoms with van der Waals surface area (Å²) in [7, 11) is 0. The zero-order valence-corrected chi connectivity index (χ0v) is 16.7. The van der Waals surface area contributed by atoms with Gasteiger partial charge in [0.05, 0.1) is 17.1 Å². The fraction of sp³-hybridized carbons (Fsp3) is 0.0435. The molecule has 0 saturated carbocycles. The number of halogens is 1. The molecular formula is C23H19FN6O. The summed E-state index contributed by atoms with van der Waals surface area (Å²) in [5.74, 6) is -0.512. The third-order valence-corrected chi connectivity index (χ3v) is 4.37. The molecule has 0 unspecified atom stereocenters. The zero-order valence-electron chi connectivity index (χ0n) is 16.7. The number of nitrogens with zero attached hydrogens (tertiary/aromatic N) is 5. The van der Waals surface area contributed by atoms with Crippen LogP contribution in [0.25, 0.3) is 11.4 Å². The first kappa shape index (κ1) is 20.0. The third-order valence-electron chi connectivity index (χ3n) is 4.37. The smallest absolute Gasteiger partial charge is 0.209 e. The molecule has 0 bridgehead atoms. The van der Waals surface area contributed by atoms with Crippen molar-refractivity contribution in [2.24, 2.45) is 10.7 Å². The molecule has 0 atom stereocenters. The highest BCUT2D eigenvalue weighted by molar-refractivity contribution is 6.08. The molecule has 0 spiro atoms. The molecule has 0 aliphatic rings. The van der Waals surface area contributed by atoms with E-state index in [1.165, 1.54) is 23.0 Å². The van der Waals surface area contributed by atoms with Gasteiger partial charge in [0.25, 0.3) is 0 Å². The predicted molar refractivity (Wildman–Crippen MR) is 117 cm³/mol. The van der Waals surface area contributed by atoms with Crippen LogP contribution in [0.2, 0.25) is 0 Å². The Morgan fingerprint density at radius 1 is 1.06 bits per heavy atom. The summed E-state index contributed by atoms with van der Waals surface area (Å²) < 4.78 is 17.7. The van der Waals surface area contributed by atoms with Gasteiger partial charge in [-0.25, -0.2) is 18.7 Å². The third kappa shape index (κ3) is 4.48. The van der Waals surface area contributed by atoms with Gasteiger partial charge in [0.1, 0.15) is 5.69 Å². The van der Waals surface area contributed by atoms with E-state index in [4.69, 9.17) is 5.73 Å². The average molecular weight is 414 g/mol. The van der Waals surface area contributed by atoms with Crippen molar-refractivity contribution >= 4 is 11.4 Å².